The topological polar surface area (TPSA) is 167 Å². The van der Waals surface area contributed by atoms with Gasteiger partial charge in [-0.1, -0.05) is 11.6 Å². The Bertz CT molecular complexity index is 981. The molecule has 11 nitrogen and oxygen atoms in total. The molecule has 7 N–H and O–H groups in total. The fraction of sp³-hybridized carbons (Fsp3) is 0.353. The summed E-state index contributed by atoms with van der Waals surface area (Å²) in [7, 11) is 0. The van der Waals surface area contributed by atoms with E-state index in [1.165, 1.54) is 0 Å². The van der Waals surface area contributed by atoms with E-state index in [0.717, 1.165) is 0 Å². The number of aliphatic imine (C=N–C) groups is 1. The number of piperidine rings is 1. The average molecular weight is 418 g/mol. The molecule has 152 valence electrons. The Balaban J connectivity index is 1.35. The van der Waals surface area contributed by atoms with Gasteiger partial charge in [-0.05, 0) is 18.9 Å². The number of guanidine groups is 1. The minimum absolute atomic E-state index is 0.00261. The van der Waals surface area contributed by atoms with Crippen molar-refractivity contribution < 1.29 is 9.59 Å². The first kappa shape index (κ1) is 19.0. The number of carbonyl (C=O) groups is 2. The van der Waals surface area contributed by atoms with Crippen molar-refractivity contribution in [2.45, 2.75) is 18.4 Å². The van der Waals surface area contributed by atoms with Gasteiger partial charge in [0.2, 0.25) is 0 Å². The summed E-state index contributed by atoms with van der Waals surface area (Å²) in [6.07, 6.45) is 4.84. The van der Waals surface area contributed by atoms with Gasteiger partial charge in [-0.2, -0.15) is 0 Å². The first-order chi connectivity index (χ1) is 13.9. The third-order valence-electron chi connectivity index (χ3n) is 5.13. The number of carbonyl (C=O) groups excluding carboxylic acids is 2. The molecule has 2 aromatic heterocycles. The molecule has 0 aliphatic carbocycles. The first-order valence-electron chi connectivity index (χ1n) is 9.01. The maximum absolute atomic E-state index is 12.5. The molecule has 2 aromatic rings. The number of rotatable bonds is 2. The van der Waals surface area contributed by atoms with Crippen LogP contribution in [0.15, 0.2) is 23.5 Å². The number of H-pyrrole nitrogens is 1. The van der Waals surface area contributed by atoms with E-state index in [1.54, 1.807) is 18.5 Å². The quantitative estimate of drug-likeness (QED) is 0.457. The summed E-state index contributed by atoms with van der Waals surface area (Å²) in [5, 5.41) is 5.82. The van der Waals surface area contributed by atoms with E-state index in [9.17, 15) is 9.59 Å². The van der Waals surface area contributed by atoms with Gasteiger partial charge in [-0.15, -0.1) is 0 Å². The van der Waals surface area contributed by atoms with Gasteiger partial charge in [0.25, 0.3) is 11.8 Å². The summed E-state index contributed by atoms with van der Waals surface area (Å²) in [4.78, 5) is 41.7. The monoisotopic (exact) mass is 417 g/mol. The Morgan fingerprint density at radius 1 is 1.21 bits per heavy atom. The molecule has 0 atom stereocenters. The van der Waals surface area contributed by atoms with Crippen molar-refractivity contribution in [1.82, 2.24) is 30.5 Å². The molecule has 2 aliphatic rings. The number of likely N-dealkylation sites (tertiary alicyclic amines) is 1. The van der Waals surface area contributed by atoms with Gasteiger partial charge in [0.15, 0.2) is 28.4 Å². The average Bonchev–Trinajstić information content (AvgIpc) is 3.36. The normalized spacial score (nSPS) is 17.7. The molecular formula is C17H20ClN9O2. The highest BCUT2D eigenvalue weighted by Gasteiger charge is 2.40. The van der Waals surface area contributed by atoms with Gasteiger partial charge in [0.1, 0.15) is 0 Å². The summed E-state index contributed by atoms with van der Waals surface area (Å²) >= 11 is 5.83. The molecule has 0 radical (unpaired) electrons. The molecule has 4 heterocycles. The highest BCUT2D eigenvalue weighted by molar-refractivity contribution is 6.31. The number of aromatic nitrogens is 3. The molecule has 0 aromatic carbocycles. The minimum Gasteiger partial charge on any atom is -0.382 e. The number of hydrogen-bond donors (Lipinski definition) is 5. The zero-order valence-corrected chi connectivity index (χ0v) is 16.2. The summed E-state index contributed by atoms with van der Waals surface area (Å²) < 4.78 is 0. The summed E-state index contributed by atoms with van der Waals surface area (Å²) in [5.41, 5.74) is 11.5. The third-order valence-corrected chi connectivity index (χ3v) is 5.41. The zero-order valence-electron chi connectivity index (χ0n) is 15.4. The molecule has 2 aliphatic heterocycles. The lowest BCUT2D eigenvalue weighted by molar-refractivity contribution is 0.0669. The Labute approximate surface area is 170 Å². The standard InChI is InChI=1S/C17H20ClN9O2/c18-11-13(20)24-12(19)10(23-11)14(28)25-16-22-8-17(26-16)2-5-27(6-3-17)15(29)9-1-4-21-7-9/h1,4,7,21H,2-3,5-6,8H2,(H4,19,20,24)(H2,22,25,26,28). The van der Waals surface area contributed by atoms with Crippen LogP contribution in [-0.4, -0.2) is 62.8 Å². The van der Waals surface area contributed by atoms with E-state index in [1.807, 2.05) is 4.90 Å². The molecule has 1 spiro atoms. The molecular weight excluding hydrogens is 398 g/mol. The van der Waals surface area contributed by atoms with Crippen molar-refractivity contribution in [2.75, 3.05) is 31.1 Å². The molecule has 0 bridgehead atoms. The third kappa shape index (κ3) is 3.68. The van der Waals surface area contributed by atoms with Crippen molar-refractivity contribution in [2.24, 2.45) is 4.99 Å². The van der Waals surface area contributed by atoms with Crippen molar-refractivity contribution in [1.29, 1.82) is 0 Å². The van der Waals surface area contributed by atoms with Gasteiger partial charge >= 0.3 is 0 Å². The molecule has 2 amide bonds. The number of anilines is 2. The summed E-state index contributed by atoms with van der Waals surface area (Å²) in [6.45, 7) is 1.69. The van der Waals surface area contributed by atoms with Gasteiger partial charge in [0, 0.05) is 25.5 Å². The summed E-state index contributed by atoms with van der Waals surface area (Å²) in [5.74, 6) is -0.413. The van der Waals surface area contributed by atoms with Gasteiger partial charge in [-0.3, -0.25) is 19.9 Å². The fourth-order valence-corrected chi connectivity index (χ4v) is 3.59. The zero-order chi connectivity index (χ0) is 20.6. The SMILES string of the molecule is Nc1nc(N)c(C(=O)NC2=NCC3(CCN(C(=O)c4cc[nH]c4)CC3)N2)nc1Cl. The predicted molar refractivity (Wildman–Crippen MR) is 107 cm³/mol. The van der Waals surface area contributed by atoms with Crippen LogP contribution < -0.4 is 22.1 Å². The van der Waals surface area contributed by atoms with Crippen molar-refractivity contribution in [3.8, 4) is 0 Å². The Morgan fingerprint density at radius 2 is 1.97 bits per heavy atom. The Kier molecular flexibility index (Phi) is 4.74. The van der Waals surface area contributed by atoms with Crippen LogP contribution in [0.25, 0.3) is 0 Å². The number of aromatic amines is 1. The predicted octanol–water partition coefficient (Wildman–Crippen LogP) is -0.0135. The maximum Gasteiger partial charge on any atom is 0.280 e. The first-order valence-corrected chi connectivity index (χ1v) is 9.39. The van der Waals surface area contributed by atoms with Crippen molar-refractivity contribution >= 4 is 41.0 Å². The maximum atomic E-state index is 12.5. The molecule has 29 heavy (non-hydrogen) atoms. The van der Waals surface area contributed by atoms with E-state index >= 15 is 0 Å². The molecule has 12 heteroatoms. The molecule has 4 rings (SSSR count). The van der Waals surface area contributed by atoms with Gasteiger partial charge in [-0.25, -0.2) is 9.97 Å². The van der Waals surface area contributed by atoms with Crippen molar-refractivity contribution in [3.05, 3.63) is 34.9 Å². The highest BCUT2D eigenvalue weighted by atomic mass is 35.5. The van der Waals surface area contributed by atoms with Crippen LogP contribution in [0.5, 0.6) is 0 Å². The number of nitrogens with two attached hydrogens (primary N) is 2. The largest absolute Gasteiger partial charge is 0.382 e. The number of nitrogens with one attached hydrogen (secondary N) is 3. The highest BCUT2D eigenvalue weighted by Crippen LogP contribution is 2.26. The number of nitrogen functional groups attached to an aromatic ring is 2. The number of hydrogen-bond acceptors (Lipinski definition) is 8. The number of nitrogens with zero attached hydrogens (tertiary/aromatic N) is 4. The smallest absolute Gasteiger partial charge is 0.280 e. The van der Waals surface area contributed by atoms with E-state index < -0.39 is 5.91 Å². The second-order valence-electron chi connectivity index (χ2n) is 7.05. The van der Waals surface area contributed by atoms with Crippen molar-refractivity contribution in [3.63, 3.8) is 0 Å². The molecule has 1 saturated heterocycles. The van der Waals surface area contributed by atoms with E-state index in [0.29, 0.717) is 44.0 Å². The van der Waals surface area contributed by atoms with Gasteiger partial charge in [0.05, 0.1) is 17.6 Å². The lowest BCUT2D eigenvalue weighted by Gasteiger charge is -2.39. The van der Waals surface area contributed by atoms with Crippen LogP contribution in [0.4, 0.5) is 11.6 Å². The van der Waals surface area contributed by atoms with E-state index in [-0.39, 0.29) is 33.9 Å². The summed E-state index contributed by atoms with van der Waals surface area (Å²) in [6, 6.07) is 1.76. The second-order valence-corrected chi connectivity index (χ2v) is 7.41. The molecule has 0 unspecified atom stereocenters. The van der Waals surface area contributed by atoms with Crippen LogP contribution in [0.2, 0.25) is 5.15 Å². The van der Waals surface area contributed by atoms with Crippen LogP contribution in [0.1, 0.15) is 33.7 Å². The second kappa shape index (κ2) is 7.24. The Hall–Kier alpha value is -3.34. The van der Waals surface area contributed by atoms with Gasteiger partial charge < -0.3 is 26.7 Å². The molecule has 1 fully saturated rings. The van der Waals surface area contributed by atoms with E-state index in [4.69, 9.17) is 23.1 Å². The number of amides is 2. The van der Waals surface area contributed by atoms with Crippen LogP contribution >= 0.6 is 11.6 Å². The van der Waals surface area contributed by atoms with Crippen LogP contribution in [-0.2, 0) is 0 Å². The molecule has 0 saturated carbocycles. The lowest BCUT2D eigenvalue weighted by Crippen LogP contribution is -2.56. The van der Waals surface area contributed by atoms with E-state index in [2.05, 4.69) is 30.6 Å². The van der Waals surface area contributed by atoms with Crippen LogP contribution in [0, 0.1) is 0 Å². The van der Waals surface area contributed by atoms with Crippen LogP contribution in [0.3, 0.4) is 0 Å². The lowest BCUT2D eigenvalue weighted by atomic mass is 9.88. The number of halogens is 1. The minimum atomic E-state index is -0.583. The Morgan fingerprint density at radius 3 is 2.66 bits per heavy atom. The fourth-order valence-electron chi connectivity index (χ4n) is 3.47.